The van der Waals surface area contributed by atoms with Gasteiger partial charge >= 0.3 is 0 Å². The zero-order valence-electron chi connectivity index (χ0n) is 21.8. The van der Waals surface area contributed by atoms with E-state index in [1.54, 1.807) is 6.33 Å². The van der Waals surface area contributed by atoms with Crippen LogP contribution in [0.5, 0.6) is 11.5 Å². The molecule has 2 fully saturated rings. The first-order chi connectivity index (χ1) is 18.3. The summed E-state index contributed by atoms with van der Waals surface area (Å²) >= 11 is 1.47. The van der Waals surface area contributed by atoms with E-state index in [0.717, 1.165) is 66.6 Å². The number of aromatic nitrogens is 4. The summed E-state index contributed by atoms with van der Waals surface area (Å²) in [6.45, 7) is 6.44. The van der Waals surface area contributed by atoms with Crippen LogP contribution in [0, 0.1) is 5.92 Å². The lowest BCUT2D eigenvalue weighted by Gasteiger charge is -2.33. The van der Waals surface area contributed by atoms with Gasteiger partial charge in [0, 0.05) is 24.5 Å². The predicted octanol–water partition coefficient (Wildman–Crippen LogP) is 1.28. The number of anilines is 1. The predicted molar refractivity (Wildman–Crippen MR) is 143 cm³/mol. The van der Waals surface area contributed by atoms with Crippen molar-refractivity contribution in [3.8, 4) is 23.0 Å². The van der Waals surface area contributed by atoms with E-state index in [4.69, 9.17) is 29.7 Å². The molecule has 1 amide bonds. The van der Waals surface area contributed by atoms with E-state index in [1.807, 2.05) is 43.3 Å². The van der Waals surface area contributed by atoms with Crippen LogP contribution in [0.3, 0.4) is 0 Å². The van der Waals surface area contributed by atoms with E-state index >= 15 is 0 Å². The molecule has 0 aromatic heterocycles. The molecule has 0 saturated carbocycles. The molecular weight excluding hydrogens is 507 g/mol. The molecule has 2 saturated heterocycles. The lowest BCUT2D eigenvalue weighted by Crippen LogP contribution is -2.45. The van der Waals surface area contributed by atoms with Gasteiger partial charge in [-0.15, -0.1) is 0 Å². The molecule has 11 nitrogen and oxygen atoms in total. The largest absolute Gasteiger partial charge is 0.454 e. The Kier molecular flexibility index (Phi) is 6.61. The molecule has 5 heterocycles. The minimum atomic E-state index is -0.695. The highest BCUT2D eigenvalue weighted by Crippen LogP contribution is 2.37. The third kappa shape index (κ3) is 5.02. The minimum absolute atomic E-state index is 0.0302. The van der Waals surface area contributed by atoms with Gasteiger partial charge in [-0.2, -0.15) is 0 Å². The van der Waals surface area contributed by atoms with Crippen LogP contribution in [-0.4, -0.2) is 76.6 Å². The number of ether oxygens (including phenoxy) is 4. The zero-order valence-corrected chi connectivity index (χ0v) is 22.6. The van der Waals surface area contributed by atoms with Crippen LogP contribution in [0.15, 0.2) is 28.5 Å². The molecule has 1 aromatic carbocycles. The van der Waals surface area contributed by atoms with E-state index in [2.05, 4.69) is 9.97 Å². The van der Waals surface area contributed by atoms with Crippen molar-refractivity contribution >= 4 is 36.8 Å². The standard InChI is InChI=1S/C25H31BN6O5S/c1-25(2)36-11-18(37-25)23(33)31-6-3-14(4-7-31)5-8-32-12-28-21(27)20-22(32)30-24(29-20)38-19-10-17-16(9-15(19)26)34-13-35-17/h9-10,12,14,18H,3-8,11,13,26-27H2,1-2H3/t18-/m0/s1. The van der Waals surface area contributed by atoms with Crippen molar-refractivity contribution in [1.82, 2.24) is 24.4 Å². The fourth-order valence-corrected chi connectivity index (χ4v) is 6.00. The summed E-state index contributed by atoms with van der Waals surface area (Å²) in [5.41, 5.74) is 7.83. The molecule has 5 aliphatic rings. The van der Waals surface area contributed by atoms with E-state index in [-0.39, 0.29) is 12.7 Å². The maximum atomic E-state index is 12.8. The molecular formula is C25H31BN6O5S. The summed E-state index contributed by atoms with van der Waals surface area (Å²) in [6, 6.07) is 3.93. The number of likely N-dealkylation sites (tertiary alicyclic amines) is 1. The average molecular weight is 538 g/mol. The summed E-state index contributed by atoms with van der Waals surface area (Å²) in [7, 11) is 2.03. The second-order valence-electron chi connectivity index (χ2n) is 10.4. The number of imidazole rings is 1. The number of nitrogens with zero attached hydrogens (tertiary/aromatic N) is 5. The van der Waals surface area contributed by atoms with Crippen molar-refractivity contribution in [3.05, 3.63) is 18.5 Å². The van der Waals surface area contributed by atoms with Crippen molar-refractivity contribution in [1.29, 1.82) is 0 Å². The number of rotatable bonds is 6. The highest BCUT2D eigenvalue weighted by molar-refractivity contribution is 7.99. The second kappa shape index (κ2) is 9.94. The van der Waals surface area contributed by atoms with Gasteiger partial charge in [-0.05, 0) is 51.2 Å². The van der Waals surface area contributed by atoms with Crippen molar-refractivity contribution in [2.24, 2.45) is 5.92 Å². The number of fused-ring (bicyclic) bond motifs is 2. The first-order valence-corrected chi connectivity index (χ1v) is 13.7. The molecule has 2 N–H and O–H groups in total. The molecule has 0 bridgehead atoms. The molecule has 0 unspecified atom stereocenters. The molecule has 1 aromatic rings. The van der Waals surface area contributed by atoms with Crippen LogP contribution in [0.1, 0.15) is 33.1 Å². The van der Waals surface area contributed by atoms with Crippen molar-refractivity contribution < 1.29 is 23.7 Å². The molecule has 38 heavy (non-hydrogen) atoms. The van der Waals surface area contributed by atoms with Crippen LogP contribution in [0.2, 0.25) is 0 Å². The van der Waals surface area contributed by atoms with Crippen LogP contribution in [0.25, 0.3) is 11.5 Å². The number of carbonyl (C=O) groups is 1. The van der Waals surface area contributed by atoms with Gasteiger partial charge in [0.1, 0.15) is 7.85 Å². The Labute approximate surface area is 226 Å². The summed E-state index contributed by atoms with van der Waals surface area (Å²) in [6.07, 6.45) is 4.10. The number of benzene rings is 1. The van der Waals surface area contributed by atoms with Crippen LogP contribution in [0.4, 0.5) is 5.82 Å². The van der Waals surface area contributed by atoms with Gasteiger partial charge in [-0.1, -0.05) is 17.2 Å². The number of carbonyl (C=O) groups excluding carboxylic acids is 1. The molecule has 0 radical (unpaired) electrons. The van der Waals surface area contributed by atoms with Gasteiger partial charge < -0.3 is 34.1 Å². The molecule has 1 atom stereocenters. The Morgan fingerprint density at radius 3 is 2.71 bits per heavy atom. The Bertz CT molecular complexity index is 1330. The third-order valence-corrected chi connectivity index (χ3v) is 8.36. The smallest absolute Gasteiger partial charge is 0.254 e. The topological polar surface area (TPSA) is 127 Å². The SMILES string of the molecule is Bc1cc2c(cc1Sc1nc3c(N)ncn(CCC4CCN(C(=O)[C@@H]5COC(C)(C)O5)CC4)c-3n1)OCO2. The monoisotopic (exact) mass is 538 g/mol. The van der Waals surface area contributed by atoms with Gasteiger partial charge in [0.05, 0.1) is 12.9 Å². The van der Waals surface area contributed by atoms with Gasteiger partial charge in [-0.3, -0.25) is 4.79 Å². The molecule has 0 spiro atoms. The Morgan fingerprint density at radius 2 is 1.97 bits per heavy atom. The number of aryl methyl sites for hydroxylation is 1. The third-order valence-electron chi connectivity index (χ3n) is 7.33. The van der Waals surface area contributed by atoms with Crippen molar-refractivity contribution in [3.63, 3.8) is 0 Å². The maximum Gasteiger partial charge on any atom is 0.254 e. The highest BCUT2D eigenvalue weighted by atomic mass is 32.2. The lowest BCUT2D eigenvalue weighted by atomic mass is 9.93. The van der Waals surface area contributed by atoms with Crippen molar-refractivity contribution in [2.75, 3.05) is 32.2 Å². The molecule has 0 aliphatic carbocycles. The summed E-state index contributed by atoms with van der Waals surface area (Å²) in [4.78, 5) is 29.6. The number of hydrogen-bond acceptors (Lipinski definition) is 10. The quantitative estimate of drug-likeness (QED) is 0.459. The second-order valence-corrected chi connectivity index (χ2v) is 11.5. The fraction of sp³-hybridized carbons (Fsp3) is 0.520. The van der Waals surface area contributed by atoms with E-state index in [1.165, 1.54) is 11.8 Å². The summed E-state index contributed by atoms with van der Waals surface area (Å²) in [5.74, 6) is 2.42. The Hall–Kier alpha value is -3.03. The summed E-state index contributed by atoms with van der Waals surface area (Å²) in [5, 5.41) is 0.614. The van der Waals surface area contributed by atoms with Crippen LogP contribution in [-0.2, 0) is 20.8 Å². The first kappa shape index (κ1) is 25.3. The van der Waals surface area contributed by atoms with Crippen molar-refractivity contribution in [2.45, 2.75) is 61.6 Å². The molecule has 13 heteroatoms. The van der Waals surface area contributed by atoms with E-state index in [9.17, 15) is 4.79 Å². The van der Waals surface area contributed by atoms with Gasteiger partial charge in [0.2, 0.25) is 6.79 Å². The molecule has 6 rings (SSSR count). The van der Waals surface area contributed by atoms with E-state index < -0.39 is 11.9 Å². The maximum absolute atomic E-state index is 12.8. The highest BCUT2D eigenvalue weighted by Gasteiger charge is 2.39. The first-order valence-electron chi connectivity index (χ1n) is 12.9. The normalized spacial score (nSPS) is 20.9. The number of piperidine rings is 1. The van der Waals surface area contributed by atoms with Crippen LogP contribution >= 0.6 is 11.8 Å². The molecule has 5 aliphatic heterocycles. The zero-order chi connectivity index (χ0) is 26.4. The van der Waals surface area contributed by atoms with Crippen LogP contribution < -0.4 is 20.7 Å². The van der Waals surface area contributed by atoms with Gasteiger partial charge in [-0.25, -0.2) is 15.0 Å². The number of nitrogens with two attached hydrogens (primary N) is 1. The van der Waals surface area contributed by atoms with E-state index in [0.29, 0.717) is 29.2 Å². The number of nitrogen functional groups attached to an aromatic ring is 1. The number of amides is 1. The lowest BCUT2D eigenvalue weighted by molar-refractivity contribution is -0.161. The summed E-state index contributed by atoms with van der Waals surface area (Å²) < 4.78 is 24.3. The van der Waals surface area contributed by atoms with Gasteiger partial charge in [0.15, 0.2) is 45.9 Å². The minimum Gasteiger partial charge on any atom is -0.454 e. The Morgan fingerprint density at radius 1 is 1.21 bits per heavy atom. The Balaban J connectivity index is 1.09. The average Bonchev–Trinajstić information content (AvgIpc) is 3.62. The van der Waals surface area contributed by atoms with Gasteiger partial charge in [0.25, 0.3) is 5.91 Å². The fourth-order valence-electron chi connectivity index (χ4n) is 5.15. The molecule has 200 valence electrons. The number of hydrogen-bond donors (Lipinski definition) is 1.